The average Bonchev–Trinajstić information content (AvgIpc) is 3.52. The van der Waals surface area contributed by atoms with Gasteiger partial charge in [0.25, 0.3) is 0 Å². The van der Waals surface area contributed by atoms with E-state index in [9.17, 15) is 0 Å². The van der Waals surface area contributed by atoms with Crippen molar-refractivity contribution < 1.29 is 0 Å². The maximum Gasteiger partial charge on any atom is 0.154 e. The van der Waals surface area contributed by atoms with Crippen LogP contribution < -0.4 is 5.32 Å². The molecule has 1 aliphatic rings. The summed E-state index contributed by atoms with van der Waals surface area (Å²) in [5, 5.41) is 12.6. The van der Waals surface area contributed by atoms with Gasteiger partial charge in [-0.3, -0.25) is 4.68 Å². The number of hydrogen-bond acceptors (Lipinski definition) is 5. The van der Waals surface area contributed by atoms with Gasteiger partial charge in [-0.25, -0.2) is 14.5 Å². The van der Waals surface area contributed by atoms with E-state index in [2.05, 4.69) is 47.4 Å². The summed E-state index contributed by atoms with van der Waals surface area (Å²) in [5.74, 6) is 3.79. The van der Waals surface area contributed by atoms with Crippen LogP contribution in [0.5, 0.6) is 0 Å². The minimum atomic E-state index is 0.520. The molecule has 1 saturated carbocycles. The molecule has 0 amide bonds. The first-order chi connectivity index (χ1) is 17.0. The molecule has 1 unspecified atom stereocenters. The van der Waals surface area contributed by atoms with Crippen LogP contribution in [0.4, 0.5) is 11.6 Å². The van der Waals surface area contributed by atoms with Crippen molar-refractivity contribution in [2.24, 2.45) is 13.0 Å². The molecule has 1 aliphatic carbocycles. The van der Waals surface area contributed by atoms with Crippen molar-refractivity contribution >= 4 is 17.2 Å². The van der Waals surface area contributed by atoms with E-state index in [1.807, 2.05) is 55.5 Å². The number of rotatable bonds is 9. The van der Waals surface area contributed by atoms with Crippen LogP contribution in [-0.4, -0.2) is 29.4 Å². The minimum absolute atomic E-state index is 0.520. The average molecular weight is 474 g/mol. The van der Waals surface area contributed by atoms with E-state index in [-0.39, 0.29) is 0 Å². The first-order valence-corrected chi connectivity index (χ1v) is 13.1. The standard InChI is InChI=1S/C26H33N7.C2H6/c1-5-6-17(2)7-8-21-16-27-32(4)25(21)20-11-12-33-22(14-20)15-24(31-33)29-23-13-18(3)28-26(30-23)19-9-10-19;1-2/h11-17,19H,5-10H2,1-4H3,(H,28,29,30,31);1-2H3. The lowest BCUT2D eigenvalue weighted by molar-refractivity contribution is 0.486. The fourth-order valence-corrected chi connectivity index (χ4v) is 4.59. The zero-order valence-corrected chi connectivity index (χ0v) is 22.0. The second-order valence-corrected chi connectivity index (χ2v) is 9.54. The van der Waals surface area contributed by atoms with Crippen LogP contribution in [0.25, 0.3) is 16.8 Å². The van der Waals surface area contributed by atoms with E-state index >= 15 is 0 Å². The number of aryl methyl sites for hydroxylation is 3. The Balaban J connectivity index is 0.00000141. The van der Waals surface area contributed by atoms with Gasteiger partial charge in [0.15, 0.2) is 5.82 Å². The Morgan fingerprint density at radius 1 is 1.09 bits per heavy atom. The molecule has 7 heteroatoms. The zero-order valence-electron chi connectivity index (χ0n) is 22.0. The summed E-state index contributed by atoms with van der Waals surface area (Å²) in [6.45, 7) is 10.6. The first kappa shape index (κ1) is 24.9. The molecule has 0 aliphatic heterocycles. The molecule has 5 rings (SSSR count). The summed E-state index contributed by atoms with van der Waals surface area (Å²) in [4.78, 5) is 9.29. The fourth-order valence-electron chi connectivity index (χ4n) is 4.59. The zero-order chi connectivity index (χ0) is 24.9. The second-order valence-electron chi connectivity index (χ2n) is 9.54. The van der Waals surface area contributed by atoms with Gasteiger partial charge in [-0.2, -0.15) is 10.2 Å². The van der Waals surface area contributed by atoms with Crippen molar-refractivity contribution in [1.82, 2.24) is 29.4 Å². The first-order valence-electron chi connectivity index (χ1n) is 13.1. The number of hydrogen-bond donors (Lipinski definition) is 1. The van der Waals surface area contributed by atoms with Crippen molar-refractivity contribution in [3.05, 3.63) is 53.7 Å². The van der Waals surface area contributed by atoms with E-state index in [1.165, 1.54) is 48.9 Å². The van der Waals surface area contributed by atoms with Crippen molar-refractivity contribution in [3.63, 3.8) is 0 Å². The van der Waals surface area contributed by atoms with Crippen LogP contribution in [0.1, 0.15) is 82.8 Å². The molecule has 4 aromatic rings. The van der Waals surface area contributed by atoms with Crippen LogP contribution in [0.3, 0.4) is 0 Å². The Bertz CT molecular complexity index is 1270. The van der Waals surface area contributed by atoms with Crippen molar-refractivity contribution in [2.75, 3.05) is 5.32 Å². The number of aromatic nitrogens is 6. The van der Waals surface area contributed by atoms with Crippen LogP contribution in [-0.2, 0) is 13.5 Å². The number of nitrogens with zero attached hydrogens (tertiary/aromatic N) is 6. The summed E-state index contributed by atoms with van der Waals surface area (Å²) < 4.78 is 3.89. The van der Waals surface area contributed by atoms with E-state index < -0.39 is 0 Å². The predicted octanol–water partition coefficient (Wildman–Crippen LogP) is 6.85. The highest BCUT2D eigenvalue weighted by atomic mass is 15.3. The van der Waals surface area contributed by atoms with Crippen molar-refractivity contribution in [1.29, 1.82) is 0 Å². The van der Waals surface area contributed by atoms with Crippen LogP contribution in [0.2, 0.25) is 0 Å². The van der Waals surface area contributed by atoms with E-state index in [4.69, 9.17) is 10.1 Å². The Kier molecular flexibility index (Phi) is 7.83. The molecule has 4 heterocycles. The van der Waals surface area contributed by atoms with Crippen molar-refractivity contribution in [2.45, 2.75) is 79.1 Å². The molecule has 0 saturated heterocycles. The molecule has 7 nitrogen and oxygen atoms in total. The molecular formula is C28H39N7. The molecular weight excluding hydrogens is 434 g/mol. The van der Waals surface area contributed by atoms with Gasteiger partial charge in [0, 0.05) is 42.6 Å². The van der Waals surface area contributed by atoms with Crippen molar-refractivity contribution in [3.8, 4) is 11.3 Å². The van der Waals surface area contributed by atoms with Crippen LogP contribution in [0, 0.1) is 12.8 Å². The maximum absolute atomic E-state index is 4.71. The Morgan fingerprint density at radius 3 is 2.63 bits per heavy atom. The minimum Gasteiger partial charge on any atom is -0.323 e. The third kappa shape index (κ3) is 5.89. The maximum atomic E-state index is 4.71. The SMILES string of the molecule is CC.CCCC(C)CCc1cnn(C)c1-c1ccn2nc(Nc3cc(C)nc(C4CC4)n3)cc2c1. The second kappa shape index (κ2) is 11.0. The largest absolute Gasteiger partial charge is 0.323 e. The summed E-state index contributed by atoms with van der Waals surface area (Å²) in [6, 6.07) is 8.36. The molecule has 1 N–H and O–H groups in total. The highest BCUT2D eigenvalue weighted by Crippen LogP contribution is 2.38. The van der Waals surface area contributed by atoms with Gasteiger partial charge in [0.1, 0.15) is 11.6 Å². The lowest BCUT2D eigenvalue weighted by atomic mass is 9.96. The molecule has 0 bridgehead atoms. The van der Waals surface area contributed by atoms with Gasteiger partial charge < -0.3 is 5.32 Å². The van der Waals surface area contributed by atoms with E-state index in [0.717, 1.165) is 41.0 Å². The number of pyridine rings is 1. The normalized spacial score (nSPS) is 14.0. The fraction of sp³-hybridized carbons (Fsp3) is 0.500. The third-order valence-electron chi connectivity index (χ3n) is 6.51. The number of nitrogens with one attached hydrogen (secondary N) is 1. The molecule has 35 heavy (non-hydrogen) atoms. The van der Waals surface area contributed by atoms with Gasteiger partial charge in [0.05, 0.1) is 17.4 Å². The summed E-state index contributed by atoms with van der Waals surface area (Å²) in [6.07, 6.45) is 11.2. The lowest BCUT2D eigenvalue weighted by Gasteiger charge is -2.11. The van der Waals surface area contributed by atoms with E-state index in [0.29, 0.717) is 5.92 Å². The number of fused-ring (bicyclic) bond motifs is 1. The molecule has 1 atom stereocenters. The quantitative estimate of drug-likeness (QED) is 0.288. The van der Waals surface area contributed by atoms with E-state index in [1.54, 1.807) is 0 Å². The van der Waals surface area contributed by atoms with Gasteiger partial charge >= 0.3 is 0 Å². The van der Waals surface area contributed by atoms with Gasteiger partial charge in [-0.15, -0.1) is 0 Å². The molecule has 0 aromatic carbocycles. The highest BCUT2D eigenvalue weighted by Gasteiger charge is 2.27. The Labute approximate surface area is 209 Å². The molecule has 186 valence electrons. The monoisotopic (exact) mass is 473 g/mol. The molecule has 1 fully saturated rings. The van der Waals surface area contributed by atoms with Crippen LogP contribution in [0.15, 0.2) is 36.7 Å². The van der Waals surface area contributed by atoms with Gasteiger partial charge in [-0.1, -0.05) is 40.5 Å². The Hall–Kier alpha value is -3.22. The predicted molar refractivity (Wildman–Crippen MR) is 143 cm³/mol. The van der Waals surface area contributed by atoms with Gasteiger partial charge in [-0.05, 0) is 56.2 Å². The molecule has 0 radical (unpaired) electrons. The molecule has 4 aromatic heterocycles. The smallest absolute Gasteiger partial charge is 0.154 e. The summed E-state index contributed by atoms with van der Waals surface area (Å²) in [5.41, 5.74) is 5.69. The number of anilines is 2. The topological polar surface area (TPSA) is 72.9 Å². The lowest BCUT2D eigenvalue weighted by Crippen LogP contribution is -2.01. The Morgan fingerprint density at radius 2 is 1.89 bits per heavy atom. The summed E-state index contributed by atoms with van der Waals surface area (Å²) >= 11 is 0. The highest BCUT2D eigenvalue weighted by molar-refractivity contribution is 5.71. The van der Waals surface area contributed by atoms with Gasteiger partial charge in [0.2, 0.25) is 0 Å². The molecule has 0 spiro atoms. The third-order valence-corrected chi connectivity index (χ3v) is 6.51. The van der Waals surface area contributed by atoms with Crippen LogP contribution >= 0.6 is 0 Å². The summed E-state index contributed by atoms with van der Waals surface area (Å²) in [7, 11) is 2.02.